The minimum atomic E-state index is -4.36. The first-order valence-corrected chi connectivity index (χ1v) is 10.3. The summed E-state index contributed by atoms with van der Waals surface area (Å²) < 4.78 is 52.1. The fourth-order valence-electron chi connectivity index (χ4n) is 4.06. The number of likely N-dealkylation sites (tertiary alicyclic amines) is 1. The SMILES string of the molecule is Cc1ccc(NC(=O)C2CN(CC(F)(F)F)CC2c2ccccn2)cc1-c1ncc(F)cn1. The van der Waals surface area contributed by atoms with Crippen LogP contribution in [0.15, 0.2) is 55.0 Å². The summed E-state index contributed by atoms with van der Waals surface area (Å²) in [5.74, 6) is -1.85. The number of amides is 1. The highest BCUT2D eigenvalue weighted by atomic mass is 19.4. The summed E-state index contributed by atoms with van der Waals surface area (Å²) in [4.78, 5) is 26.6. The Morgan fingerprint density at radius 3 is 2.55 bits per heavy atom. The number of rotatable bonds is 5. The van der Waals surface area contributed by atoms with Crippen LogP contribution in [0.1, 0.15) is 17.2 Å². The van der Waals surface area contributed by atoms with E-state index in [0.717, 1.165) is 18.0 Å². The van der Waals surface area contributed by atoms with Crippen LogP contribution in [0, 0.1) is 18.7 Å². The Bertz CT molecular complexity index is 1120. The van der Waals surface area contributed by atoms with E-state index in [0.29, 0.717) is 22.8 Å². The lowest BCUT2D eigenvalue weighted by molar-refractivity contribution is -0.144. The molecule has 1 aliphatic rings. The molecule has 2 aromatic heterocycles. The molecule has 0 spiro atoms. The van der Waals surface area contributed by atoms with E-state index >= 15 is 0 Å². The molecule has 33 heavy (non-hydrogen) atoms. The number of nitrogens with one attached hydrogen (secondary N) is 1. The van der Waals surface area contributed by atoms with Crippen LogP contribution in [-0.4, -0.2) is 51.6 Å². The van der Waals surface area contributed by atoms with Gasteiger partial charge >= 0.3 is 6.18 Å². The third-order valence-electron chi connectivity index (χ3n) is 5.57. The first-order valence-electron chi connectivity index (χ1n) is 10.3. The van der Waals surface area contributed by atoms with Crippen molar-refractivity contribution in [2.24, 2.45) is 5.92 Å². The summed E-state index contributed by atoms with van der Waals surface area (Å²) in [7, 11) is 0. The van der Waals surface area contributed by atoms with Crippen LogP contribution < -0.4 is 5.32 Å². The molecule has 4 rings (SSSR count). The molecule has 1 saturated heterocycles. The number of halogens is 4. The van der Waals surface area contributed by atoms with Gasteiger partial charge in [0.05, 0.1) is 24.9 Å². The highest BCUT2D eigenvalue weighted by Crippen LogP contribution is 2.34. The van der Waals surface area contributed by atoms with Crippen molar-refractivity contribution < 1.29 is 22.4 Å². The van der Waals surface area contributed by atoms with E-state index in [1.165, 1.54) is 4.90 Å². The van der Waals surface area contributed by atoms with E-state index < -0.39 is 36.3 Å². The van der Waals surface area contributed by atoms with Crippen molar-refractivity contribution in [3.63, 3.8) is 0 Å². The maximum atomic E-state index is 13.2. The quantitative estimate of drug-likeness (QED) is 0.579. The van der Waals surface area contributed by atoms with Crippen molar-refractivity contribution in [2.75, 3.05) is 25.0 Å². The summed E-state index contributed by atoms with van der Waals surface area (Å²) in [6, 6.07) is 10.3. The number of hydrogen-bond donors (Lipinski definition) is 1. The van der Waals surface area contributed by atoms with Gasteiger partial charge in [0.2, 0.25) is 5.91 Å². The second kappa shape index (κ2) is 9.22. The lowest BCUT2D eigenvalue weighted by atomic mass is 9.91. The Labute approximate surface area is 187 Å². The average molecular weight is 459 g/mol. The fraction of sp³-hybridized carbons (Fsp3) is 0.304. The minimum absolute atomic E-state index is 0.0353. The molecule has 3 heterocycles. The molecule has 0 saturated carbocycles. The lowest BCUT2D eigenvalue weighted by Crippen LogP contribution is -2.34. The number of aryl methyl sites for hydroxylation is 1. The predicted molar refractivity (Wildman–Crippen MR) is 114 cm³/mol. The lowest BCUT2D eigenvalue weighted by Gasteiger charge is -2.18. The maximum Gasteiger partial charge on any atom is 0.401 e. The Kier molecular flexibility index (Phi) is 6.37. The van der Waals surface area contributed by atoms with Gasteiger partial charge in [0.1, 0.15) is 0 Å². The normalized spacial score (nSPS) is 18.9. The van der Waals surface area contributed by atoms with E-state index in [1.54, 1.807) is 42.6 Å². The first kappa shape index (κ1) is 22.8. The summed E-state index contributed by atoms with van der Waals surface area (Å²) in [6.07, 6.45) is -0.691. The monoisotopic (exact) mass is 459 g/mol. The number of carbonyl (C=O) groups is 1. The number of benzene rings is 1. The van der Waals surface area contributed by atoms with E-state index in [1.807, 2.05) is 6.92 Å². The van der Waals surface area contributed by atoms with Crippen LogP contribution in [-0.2, 0) is 4.79 Å². The van der Waals surface area contributed by atoms with Gasteiger partial charge < -0.3 is 5.32 Å². The van der Waals surface area contributed by atoms with Crippen LogP contribution >= 0.6 is 0 Å². The molecule has 2 atom stereocenters. The van der Waals surface area contributed by atoms with E-state index in [4.69, 9.17) is 0 Å². The molecule has 1 N–H and O–H groups in total. The van der Waals surface area contributed by atoms with Gasteiger partial charge in [-0.05, 0) is 36.8 Å². The summed E-state index contributed by atoms with van der Waals surface area (Å²) in [5.41, 5.74) is 2.46. The van der Waals surface area contributed by atoms with Crippen LogP contribution in [0.5, 0.6) is 0 Å². The Morgan fingerprint density at radius 1 is 1.12 bits per heavy atom. The van der Waals surface area contributed by atoms with Crippen molar-refractivity contribution in [1.29, 1.82) is 0 Å². The number of aromatic nitrogens is 3. The molecule has 0 radical (unpaired) electrons. The number of hydrogen-bond acceptors (Lipinski definition) is 5. The van der Waals surface area contributed by atoms with Gasteiger partial charge in [-0.3, -0.25) is 14.7 Å². The molecule has 1 aromatic carbocycles. The Morgan fingerprint density at radius 2 is 1.88 bits per heavy atom. The van der Waals surface area contributed by atoms with E-state index in [2.05, 4.69) is 20.3 Å². The smallest absolute Gasteiger partial charge is 0.326 e. The van der Waals surface area contributed by atoms with Crippen molar-refractivity contribution in [3.05, 3.63) is 72.1 Å². The van der Waals surface area contributed by atoms with Crippen LogP contribution in [0.2, 0.25) is 0 Å². The Balaban J connectivity index is 1.57. The molecule has 172 valence electrons. The molecule has 10 heteroatoms. The molecule has 0 aliphatic carbocycles. The zero-order valence-electron chi connectivity index (χ0n) is 17.7. The van der Waals surface area contributed by atoms with Gasteiger partial charge in [-0.15, -0.1) is 0 Å². The molecule has 1 aliphatic heterocycles. The number of nitrogens with zero attached hydrogens (tertiary/aromatic N) is 4. The minimum Gasteiger partial charge on any atom is -0.326 e. The number of anilines is 1. The van der Waals surface area contributed by atoms with Gasteiger partial charge in [-0.25, -0.2) is 14.4 Å². The first-order chi connectivity index (χ1) is 15.7. The third kappa shape index (κ3) is 5.51. The second-order valence-corrected chi connectivity index (χ2v) is 8.02. The number of carbonyl (C=O) groups excluding carboxylic acids is 1. The van der Waals surface area contributed by atoms with Crippen molar-refractivity contribution in [1.82, 2.24) is 19.9 Å². The molecule has 3 aromatic rings. The predicted octanol–water partition coefficient (Wildman–Crippen LogP) is 4.20. The molecule has 1 fully saturated rings. The van der Waals surface area contributed by atoms with Crippen molar-refractivity contribution in [2.45, 2.75) is 19.0 Å². The molecule has 6 nitrogen and oxygen atoms in total. The van der Waals surface area contributed by atoms with E-state index in [9.17, 15) is 22.4 Å². The average Bonchev–Trinajstić information content (AvgIpc) is 3.18. The zero-order valence-corrected chi connectivity index (χ0v) is 17.7. The fourth-order valence-corrected chi connectivity index (χ4v) is 4.06. The third-order valence-corrected chi connectivity index (χ3v) is 5.57. The highest BCUT2D eigenvalue weighted by molar-refractivity contribution is 5.94. The standard InChI is InChI=1S/C23H21F4N5O/c1-14-5-6-16(8-17(14)21-29-9-15(24)10-30-21)31-22(33)19-12-32(13-23(25,26)27)11-18(19)20-4-2-3-7-28-20/h2-10,18-19H,11-13H2,1H3,(H,31,33). The summed E-state index contributed by atoms with van der Waals surface area (Å²) >= 11 is 0. The molecular weight excluding hydrogens is 438 g/mol. The second-order valence-electron chi connectivity index (χ2n) is 8.02. The van der Waals surface area contributed by atoms with Crippen LogP contribution in [0.25, 0.3) is 11.4 Å². The summed E-state index contributed by atoms with van der Waals surface area (Å²) in [6.45, 7) is 0.789. The molecule has 2 unspecified atom stereocenters. The maximum absolute atomic E-state index is 13.2. The van der Waals surface area contributed by atoms with Crippen molar-refractivity contribution >= 4 is 11.6 Å². The zero-order chi connectivity index (χ0) is 23.6. The number of pyridine rings is 1. The Hall–Kier alpha value is -3.40. The molecular formula is C23H21F4N5O. The van der Waals surface area contributed by atoms with Crippen LogP contribution in [0.3, 0.4) is 0 Å². The topological polar surface area (TPSA) is 71.0 Å². The molecule has 0 bridgehead atoms. The molecule has 1 amide bonds. The van der Waals surface area contributed by atoms with Gasteiger partial charge in [-0.2, -0.15) is 13.2 Å². The summed E-state index contributed by atoms with van der Waals surface area (Å²) in [5, 5.41) is 2.81. The highest BCUT2D eigenvalue weighted by Gasteiger charge is 2.43. The van der Waals surface area contributed by atoms with Gasteiger partial charge in [0.25, 0.3) is 0 Å². The van der Waals surface area contributed by atoms with Gasteiger partial charge in [0.15, 0.2) is 11.6 Å². The number of alkyl halides is 3. The van der Waals surface area contributed by atoms with Crippen molar-refractivity contribution in [3.8, 4) is 11.4 Å². The van der Waals surface area contributed by atoms with Crippen LogP contribution in [0.4, 0.5) is 23.2 Å². The van der Waals surface area contributed by atoms with Gasteiger partial charge in [-0.1, -0.05) is 12.1 Å². The van der Waals surface area contributed by atoms with Gasteiger partial charge in [0, 0.05) is 42.1 Å². The van der Waals surface area contributed by atoms with E-state index in [-0.39, 0.29) is 13.1 Å². The largest absolute Gasteiger partial charge is 0.401 e.